The van der Waals surface area contributed by atoms with Crippen LogP contribution >= 0.6 is 0 Å². The van der Waals surface area contributed by atoms with E-state index in [0.29, 0.717) is 18.0 Å². The Hall–Kier alpha value is -3.86. The molecule has 6 rings (SSSR count). The van der Waals surface area contributed by atoms with Crippen molar-refractivity contribution in [1.29, 1.82) is 0 Å². The number of aromatic nitrogens is 4. The Morgan fingerprint density at radius 3 is 2.36 bits per heavy atom. The van der Waals surface area contributed by atoms with Crippen LogP contribution in [-0.4, -0.2) is 71.2 Å². The number of piperazine rings is 1. The van der Waals surface area contributed by atoms with Crippen LogP contribution in [0.2, 0.25) is 0 Å². The van der Waals surface area contributed by atoms with Crippen molar-refractivity contribution in [2.24, 2.45) is 0 Å². The van der Waals surface area contributed by atoms with Gasteiger partial charge in [-0.05, 0) is 60.6 Å². The average Bonchev–Trinajstić information content (AvgIpc) is 3.37. The Kier molecular flexibility index (Phi) is 5.63. The van der Waals surface area contributed by atoms with E-state index in [4.69, 9.17) is 0 Å². The van der Waals surface area contributed by atoms with Crippen LogP contribution < -0.4 is 5.32 Å². The molecule has 0 bridgehead atoms. The summed E-state index contributed by atoms with van der Waals surface area (Å²) in [5.74, 6) is 0. The molecule has 9 nitrogen and oxygen atoms in total. The maximum atomic E-state index is 13.0. The van der Waals surface area contributed by atoms with Crippen molar-refractivity contribution in [2.45, 2.75) is 4.90 Å². The molecule has 1 aliphatic rings. The first-order chi connectivity index (χ1) is 17.5. The van der Waals surface area contributed by atoms with Crippen molar-refractivity contribution in [1.82, 2.24) is 29.6 Å². The fourth-order valence-corrected chi connectivity index (χ4v) is 5.93. The van der Waals surface area contributed by atoms with Crippen LogP contribution in [0.25, 0.3) is 33.1 Å². The second-order valence-corrected chi connectivity index (χ2v) is 10.9. The van der Waals surface area contributed by atoms with Gasteiger partial charge in [-0.3, -0.25) is 4.98 Å². The number of H-pyrrole nitrogens is 1. The zero-order chi connectivity index (χ0) is 24.7. The lowest BCUT2D eigenvalue weighted by Crippen LogP contribution is -2.46. The third-order valence-electron chi connectivity index (χ3n) is 6.63. The van der Waals surface area contributed by atoms with Gasteiger partial charge in [-0.2, -0.15) is 19.7 Å². The fourth-order valence-electron chi connectivity index (χ4n) is 4.51. The molecular formula is C26H25N7O2S. The summed E-state index contributed by atoms with van der Waals surface area (Å²) in [4.78, 5) is 7.02. The smallest absolute Gasteiger partial charge is 0.243 e. The molecule has 0 spiro atoms. The maximum Gasteiger partial charge on any atom is 0.243 e. The molecule has 2 N–H and O–H groups in total. The van der Waals surface area contributed by atoms with E-state index in [1.807, 2.05) is 61.6 Å². The lowest BCUT2D eigenvalue weighted by Gasteiger charge is -2.31. The summed E-state index contributed by atoms with van der Waals surface area (Å²) in [6.45, 7) is 2.51. The molecule has 36 heavy (non-hydrogen) atoms. The fraction of sp³-hybridized carbons (Fsp3) is 0.192. The molecule has 182 valence electrons. The number of sulfonamides is 1. The van der Waals surface area contributed by atoms with Gasteiger partial charge in [-0.25, -0.2) is 8.42 Å². The first kappa shape index (κ1) is 22.6. The van der Waals surface area contributed by atoms with Crippen molar-refractivity contribution in [2.75, 3.05) is 38.5 Å². The number of likely N-dealkylation sites (N-methyl/N-ethyl adjacent to an activating group) is 1. The molecule has 1 saturated heterocycles. The summed E-state index contributed by atoms with van der Waals surface area (Å²) in [5.41, 5.74) is 6.19. The number of benzene rings is 3. The van der Waals surface area contributed by atoms with Gasteiger partial charge in [-0.1, -0.05) is 24.3 Å². The third kappa shape index (κ3) is 4.19. The van der Waals surface area contributed by atoms with Crippen molar-refractivity contribution in [3.63, 3.8) is 0 Å². The minimum absolute atomic E-state index is 0.324. The first-order valence-corrected chi connectivity index (χ1v) is 13.2. The molecular weight excluding hydrogens is 474 g/mol. The van der Waals surface area contributed by atoms with Crippen molar-refractivity contribution >= 4 is 43.3 Å². The summed E-state index contributed by atoms with van der Waals surface area (Å²) in [6, 6.07) is 20.9. The molecule has 3 aromatic carbocycles. The van der Waals surface area contributed by atoms with Gasteiger partial charge < -0.3 is 10.2 Å². The van der Waals surface area contributed by atoms with Gasteiger partial charge in [0.05, 0.1) is 10.4 Å². The Balaban J connectivity index is 1.26. The van der Waals surface area contributed by atoms with Crippen LogP contribution in [0.15, 0.2) is 77.8 Å². The van der Waals surface area contributed by atoms with Crippen LogP contribution in [0.4, 0.5) is 11.4 Å². The number of pyridine rings is 1. The molecule has 0 unspecified atom stereocenters. The summed E-state index contributed by atoms with van der Waals surface area (Å²) in [5, 5.41) is 15.3. The summed E-state index contributed by atoms with van der Waals surface area (Å²) in [7, 11) is -1.48. The standard InChI is InChI=1S/C26H25N7O2S/c1-32-12-14-33(15-13-32)36(34,35)21-6-2-18(3-7-21)19-4-8-22-23(10-11-27-25(22)16-19)28-20-5-9-24-26(17-20)30-31-29-24/h2-11,16-17H,12-15H2,1H3,(H,27,28)(H,29,30,31). The van der Waals surface area contributed by atoms with Crippen LogP contribution in [0.3, 0.4) is 0 Å². The quantitative estimate of drug-likeness (QED) is 0.378. The van der Waals surface area contributed by atoms with Gasteiger partial charge in [0.25, 0.3) is 0 Å². The lowest BCUT2D eigenvalue weighted by atomic mass is 10.0. The van der Waals surface area contributed by atoms with Crippen molar-refractivity contribution in [3.8, 4) is 11.1 Å². The zero-order valence-corrected chi connectivity index (χ0v) is 20.5. The largest absolute Gasteiger partial charge is 0.355 e. The van der Waals surface area contributed by atoms with Crippen molar-refractivity contribution < 1.29 is 8.42 Å². The number of rotatable bonds is 5. The van der Waals surface area contributed by atoms with Gasteiger partial charge in [0.1, 0.15) is 11.0 Å². The zero-order valence-electron chi connectivity index (χ0n) is 19.7. The number of hydrogen-bond acceptors (Lipinski definition) is 7. The molecule has 0 radical (unpaired) electrons. The molecule has 5 aromatic rings. The Bertz CT molecular complexity index is 1660. The van der Waals surface area contributed by atoms with Crippen LogP contribution in [0.5, 0.6) is 0 Å². The highest BCUT2D eigenvalue weighted by molar-refractivity contribution is 7.89. The molecule has 3 heterocycles. The van der Waals surface area contributed by atoms with E-state index >= 15 is 0 Å². The van der Waals surface area contributed by atoms with Crippen molar-refractivity contribution in [3.05, 3.63) is 72.9 Å². The van der Waals surface area contributed by atoms with E-state index in [9.17, 15) is 8.42 Å². The van der Waals surface area contributed by atoms with E-state index in [1.165, 1.54) is 0 Å². The Labute approximate surface area is 208 Å². The van der Waals surface area contributed by atoms with Gasteiger partial charge in [0.15, 0.2) is 0 Å². The highest BCUT2D eigenvalue weighted by atomic mass is 32.2. The predicted molar refractivity (Wildman–Crippen MR) is 141 cm³/mol. The van der Waals surface area contributed by atoms with E-state index in [0.717, 1.165) is 57.5 Å². The maximum absolute atomic E-state index is 13.0. The Morgan fingerprint density at radius 1 is 0.806 bits per heavy atom. The molecule has 0 atom stereocenters. The Morgan fingerprint density at radius 2 is 1.56 bits per heavy atom. The minimum atomic E-state index is -3.49. The minimum Gasteiger partial charge on any atom is -0.355 e. The van der Waals surface area contributed by atoms with Crippen LogP contribution in [0, 0.1) is 0 Å². The normalized spacial score (nSPS) is 15.5. The third-order valence-corrected chi connectivity index (χ3v) is 8.54. The second kappa shape index (κ2) is 8.98. The van der Waals surface area contributed by atoms with E-state index in [1.54, 1.807) is 22.6 Å². The number of nitrogens with zero attached hydrogens (tertiary/aromatic N) is 5. The van der Waals surface area contributed by atoms with Crippen LogP contribution in [-0.2, 0) is 10.0 Å². The van der Waals surface area contributed by atoms with Gasteiger partial charge in [-0.15, -0.1) is 0 Å². The molecule has 1 aliphatic heterocycles. The van der Waals surface area contributed by atoms with Gasteiger partial charge >= 0.3 is 0 Å². The predicted octanol–water partition coefficient (Wildman–Crippen LogP) is 3.85. The molecule has 1 fully saturated rings. The molecule has 0 amide bonds. The molecule has 0 aliphatic carbocycles. The lowest BCUT2D eigenvalue weighted by molar-refractivity contribution is 0.222. The monoisotopic (exact) mass is 499 g/mol. The SMILES string of the molecule is CN1CCN(S(=O)(=O)c2ccc(-c3ccc4c(Nc5ccc6n[nH]nc6c5)ccnc4c3)cc2)CC1. The van der Waals surface area contributed by atoms with E-state index in [-0.39, 0.29) is 0 Å². The van der Waals surface area contributed by atoms with E-state index in [2.05, 4.69) is 30.6 Å². The average molecular weight is 500 g/mol. The highest BCUT2D eigenvalue weighted by Gasteiger charge is 2.27. The number of fused-ring (bicyclic) bond motifs is 2. The number of hydrogen-bond donors (Lipinski definition) is 2. The summed E-state index contributed by atoms with van der Waals surface area (Å²) in [6.07, 6.45) is 1.77. The van der Waals surface area contributed by atoms with Gasteiger partial charge in [0, 0.05) is 49.1 Å². The highest BCUT2D eigenvalue weighted by Crippen LogP contribution is 2.30. The first-order valence-electron chi connectivity index (χ1n) is 11.7. The second-order valence-electron chi connectivity index (χ2n) is 8.97. The number of aromatic amines is 1. The van der Waals surface area contributed by atoms with Crippen LogP contribution in [0.1, 0.15) is 0 Å². The van der Waals surface area contributed by atoms with Gasteiger partial charge in [0.2, 0.25) is 10.0 Å². The molecule has 10 heteroatoms. The topological polar surface area (TPSA) is 107 Å². The summed E-state index contributed by atoms with van der Waals surface area (Å²) < 4.78 is 27.7. The molecule has 0 saturated carbocycles. The number of nitrogens with one attached hydrogen (secondary N) is 2. The van der Waals surface area contributed by atoms with E-state index < -0.39 is 10.0 Å². The summed E-state index contributed by atoms with van der Waals surface area (Å²) >= 11 is 0. The molecule has 2 aromatic heterocycles. The number of anilines is 2.